The van der Waals surface area contributed by atoms with E-state index in [1.54, 1.807) is 24.3 Å². The highest BCUT2D eigenvalue weighted by Gasteiger charge is 2.36. The number of pyridine rings is 1. The Morgan fingerprint density at radius 2 is 1.90 bits per heavy atom. The van der Waals surface area contributed by atoms with E-state index < -0.39 is 23.2 Å². The predicted molar refractivity (Wildman–Crippen MR) is 109 cm³/mol. The van der Waals surface area contributed by atoms with Crippen LogP contribution in [-0.4, -0.2) is 43.0 Å². The van der Waals surface area contributed by atoms with Crippen LogP contribution in [0.4, 0.5) is 24.7 Å². The summed E-state index contributed by atoms with van der Waals surface area (Å²) in [6, 6.07) is 7.33. The van der Waals surface area contributed by atoms with Gasteiger partial charge in [0, 0.05) is 30.0 Å². The molecule has 0 fully saturated rings. The van der Waals surface area contributed by atoms with Gasteiger partial charge in [-0.05, 0) is 43.8 Å². The summed E-state index contributed by atoms with van der Waals surface area (Å²) >= 11 is 5.89. The largest absolute Gasteiger partial charge is 0.417 e. The van der Waals surface area contributed by atoms with Gasteiger partial charge in [0.05, 0.1) is 11.1 Å². The van der Waals surface area contributed by atoms with Crippen LogP contribution in [0.5, 0.6) is 0 Å². The van der Waals surface area contributed by atoms with Gasteiger partial charge in [0.15, 0.2) is 0 Å². The van der Waals surface area contributed by atoms with Gasteiger partial charge in [0.1, 0.15) is 5.82 Å². The number of hydrogen-bond acceptors (Lipinski definition) is 4. The van der Waals surface area contributed by atoms with E-state index in [4.69, 9.17) is 11.6 Å². The van der Waals surface area contributed by atoms with Gasteiger partial charge < -0.3 is 15.5 Å². The number of anilines is 2. The van der Waals surface area contributed by atoms with Gasteiger partial charge in [-0.3, -0.25) is 4.79 Å². The Kier molecular flexibility index (Phi) is 7.13. The predicted octanol–water partition coefficient (Wildman–Crippen LogP) is 4.82. The Morgan fingerprint density at radius 1 is 1.21 bits per heavy atom. The van der Waals surface area contributed by atoms with E-state index in [0.29, 0.717) is 17.3 Å². The van der Waals surface area contributed by atoms with E-state index in [1.807, 2.05) is 32.8 Å². The Hall–Kier alpha value is -2.32. The molecule has 29 heavy (non-hydrogen) atoms. The molecule has 0 spiro atoms. The van der Waals surface area contributed by atoms with Crippen LogP contribution in [-0.2, 0) is 6.18 Å². The second-order valence-electron chi connectivity index (χ2n) is 7.83. The molecule has 0 aliphatic rings. The summed E-state index contributed by atoms with van der Waals surface area (Å²) in [5.41, 5.74) is -1.39. The van der Waals surface area contributed by atoms with Crippen LogP contribution in [0.2, 0.25) is 5.02 Å². The Bertz CT molecular complexity index is 869. The van der Waals surface area contributed by atoms with E-state index in [-0.39, 0.29) is 17.8 Å². The number of nitrogens with zero attached hydrogens (tertiary/aromatic N) is 2. The first-order chi connectivity index (χ1) is 13.4. The summed E-state index contributed by atoms with van der Waals surface area (Å²) in [6.07, 6.45) is -3.77. The fourth-order valence-corrected chi connectivity index (χ4v) is 3.17. The zero-order valence-corrected chi connectivity index (χ0v) is 17.4. The third-order valence-corrected chi connectivity index (χ3v) is 4.26. The minimum Gasteiger partial charge on any atom is -0.351 e. The molecule has 2 aromatic rings. The maximum Gasteiger partial charge on any atom is 0.417 e. The second-order valence-corrected chi connectivity index (χ2v) is 8.27. The SMILES string of the molecule is CN(C)CC(C)(C)CNC(=O)c1cnc(Nc2cccc(Cl)c2)cc1C(F)(F)F. The Labute approximate surface area is 173 Å². The number of hydrogen-bond donors (Lipinski definition) is 2. The van der Waals surface area contributed by atoms with Crippen LogP contribution in [0.3, 0.4) is 0 Å². The van der Waals surface area contributed by atoms with Crippen LogP contribution in [0.25, 0.3) is 0 Å². The van der Waals surface area contributed by atoms with Gasteiger partial charge >= 0.3 is 6.18 Å². The van der Waals surface area contributed by atoms with E-state index in [9.17, 15) is 18.0 Å². The average Bonchev–Trinajstić information content (AvgIpc) is 2.58. The maximum atomic E-state index is 13.6. The van der Waals surface area contributed by atoms with E-state index >= 15 is 0 Å². The Balaban J connectivity index is 2.24. The summed E-state index contributed by atoms with van der Waals surface area (Å²) in [7, 11) is 3.78. The van der Waals surface area contributed by atoms with Crippen molar-refractivity contribution in [2.24, 2.45) is 5.41 Å². The lowest BCUT2D eigenvalue weighted by atomic mass is 9.92. The lowest BCUT2D eigenvalue weighted by molar-refractivity contribution is -0.137. The standard InChI is InChI=1S/C20H24ClF3N4O/c1-19(2,12-28(3)4)11-26-18(29)15-10-25-17(9-16(15)20(22,23)24)27-14-7-5-6-13(21)8-14/h5-10H,11-12H2,1-4H3,(H,25,27)(H,26,29). The molecule has 1 aromatic heterocycles. The highest BCUT2D eigenvalue weighted by molar-refractivity contribution is 6.30. The molecule has 158 valence electrons. The molecule has 0 aliphatic heterocycles. The van der Waals surface area contributed by atoms with Gasteiger partial charge in [-0.25, -0.2) is 4.98 Å². The third-order valence-electron chi connectivity index (χ3n) is 4.02. The molecule has 0 bridgehead atoms. The van der Waals surface area contributed by atoms with Crippen molar-refractivity contribution in [3.05, 3.63) is 52.7 Å². The fourth-order valence-electron chi connectivity index (χ4n) is 2.98. The number of aromatic nitrogens is 1. The quantitative estimate of drug-likeness (QED) is 0.664. The van der Waals surface area contributed by atoms with Gasteiger partial charge in [-0.15, -0.1) is 0 Å². The summed E-state index contributed by atoms with van der Waals surface area (Å²) in [6.45, 7) is 4.74. The monoisotopic (exact) mass is 428 g/mol. The third kappa shape index (κ3) is 6.90. The van der Waals surface area contributed by atoms with Crippen molar-refractivity contribution in [2.75, 3.05) is 32.5 Å². The molecule has 9 heteroatoms. The number of carbonyl (C=O) groups is 1. The maximum absolute atomic E-state index is 13.6. The van der Waals surface area contributed by atoms with Crippen molar-refractivity contribution >= 4 is 29.0 Å². The highest BCUT2D eigenvalue weighted by atomic mass is 35.5. The summed E-state index contributed by atoms with van der Waals surface area (Å²) in [5, 5.41) is 5.79. The van der Waals surface area contributed by atoms with E-state index in [1.165, 1.54) is 0 Å². The van der Waals surface area contributed by atoms with Crippen molar-refractivity contribution in [3.63, 3.8) is 0 Å². The van der Waals surface area contributed by atoms with Crippen molar-refractivity contribution < 1.29 is 18.0 Å². The molecule has 0 saturated heterocycles. The van der Waals surface area contributed by atoms with E-state index in [2.05, 4.69) is 15.6 Å². The van der Waals surface area contributed by atoms with Crippen molar-refractivity contribution in [1.29, 1.82) is 0 Å². The molecule has 0 radical (unpaired) electrons. The molecule has 0 aliphatic carbocycles. The molecule has 2 rings (SSSR count). The van der Waals surface area contributed by atoms with Gasteiger partial charge in [-0.2, -0.15) is 13.2 Å². The van der Waals surface area contributed by atoms with Crippen LogP contribution >= 0.6 is 11.6 Å². The number of benzene rings is 1. The fraction of sp³-hybridized carbons (Fsp3) is 0.400. The van der Waals surface area contributed by atoms with Crippen LogP contribution in [0.15, 0.2) is 36.5 Å². The first kappa shape index (κ1) is 23.0. The molecule has 5 nitrogen and oxygen atoms in total. The molecule has 0 saturated carbocycles. The Morgan fingerprint density at radius 3 is 2.48 bits per heavy atom. The minimum atomic E-state index is -4.71. The molecule has 1 heterocycles. The zero-order valence-electron chi connectivity index (χ0n) is 16.7. The molecular formula is C20H24ClF3N4O. The lowest BCUT2D eigenvalue weighted by Gasteiger charge is -2.28. The molecule has 1 amide bonds. The molecule has 1 aromatic carbocycles. The van der Waals surface area contributed by atoms with Crippen LogP contribution < -0.4 is 10.6 Å². The van der Waals surface area contributed by atoms with E-state index in [0.717, 1.165) is 12.3 Å². The second kappa shape index (κ2) is 9.00. The van der Waals surface area contributed by atoms with Gasteiger partial charge in [0.2, 0.25) is 0 Å². The normalized spacial score (nSPS) is 12.2. The number of rotatable bonds is 7. The number of alkyl halides is 3. The smallest absolute Gasteiger partial charge is 0.351 e. The zero-order chi connectivity index (χ0) is 21.8. The topological polar surface area (TPSA) is 57.3 Å². The number of carbonyl (C=O) groups excluding carboxylic acids is 1. The van der Waals surface area contributed by atoms with Crippen LogP contribution in [0, 0.1) is 5.41 Å². The summed E-state index contributed by atoms with van der Waals surface area (Å²) < 4.78 is 40.7. The lowest BCUT2D eigenvalue weighted by Crippen LogP contribution is -2.40. The highest BCUT2D eigenvalue weighted by Crippen LogP contribution is 2.34. The van der Waals surface area contributed by atoms with Crippen molar-refractivity contribution in [1.82, 2.24) is 15.2 Å². The van der Waals surface area contributed by atoms with Crippen molar-refractivity contribution in [3.8, 4) is 0 Å². The number of nitrogens with one attached hydrogen (secondary N) is 2. The van der Waals surface area contributed by atoms with Gasteiger partial charge in [-0.1, -0.05) is 31.5 Å². The molecule has 0 unspecified atom stereocenters. The minimum absolute atomic E-state index is 0.0379. The summed E-state index contributed by atoms with van der Waals surface area (Å²) in [5.74, 6) is -0.852. The first-order valence-electron chi connectivity index (χ1n) is 8.90. The molecule has 0 atom stereocenters. The van der Waals surface area contributed by atoms with Gasteiger partial charge in [0.25, 0.3) is 5.91 Å². The van der Waals surface area contributed by atoms with Crippen LogP contribution in [0.1, 0.15) is 29.8 Å². The number of amides is 1. The van der Waals surface area contributed by atoms with Crippen molar-refractivity contribution in [2.45, 2.75) is 20.0 Å². The molecular weight excluding hydrogens is 405 g/mol. The number of halogens is 4. The first-order valence-corrected chi connectivity index (χ1v) is 9.28. The molecule has 2 N–H and O–H groups in total. The average molecular weight is 429 g/mol. The summed E-state index contributed by atoms with van der Waals surface area (Å²) in [4.78, 5) is 18.4.